The first-order valence-corrected chi connectivity index (χ1v) is 24.7. The minimum Gasteiger partial charge on any atom is -0.508 e. The predicted octanol–water partition coefficient (Wildman–Crippen LogP) is 7.56. The highest BCUT2D eigenvalue weighted by atomic mass is 32.1. The van der Waals surface area contributed by atoms with Crippen LogP contribution in [0, 0.1) is 11.3 Å². The number of hydrazine groups is 1. The number of ether oxygens (including phenoxy) is 1. The molecule has 5 aromatic rings. The molecule has 0 unspecified atom stereocenters. The van der Waals surface area contributed by atoms with Crippen LogP contribution in [0.5, 0.6) is 5.75 Å². The van der Waals surface area contributed by atoms with Crippen molar-refractivity contribution >= 4 is 98.1 Å². The highest BCUT2D eigenvalue weighted by Gasteiger charge is 2.38. The van der Waals surface area contributed by atoms with Crippen LogP contribution in [0.4, 0.5) is 5.82 Å². The van der Waals surface area contributed by atoms with Crippen LogP contribution >= 0.6 is 51.8 Å². The second kappa shape index (κ2) is 25.6. The zero-order chi connectivity index (χ0) is 49.7. The van der Waals surface area contributed by atoms with Gasteiger partial charge in [0.1, 0.15) is 29.7 Å². The third kappa shape index (κ3) is 13.6. The Morgan fingerprint density at radius 1 is 1.01 bits per heavy atom. The normalized spacial score (nSPS) is 17.3. The molecule has 2 aliphatic rings. The standard InChI is InChI=1S/C53H66N8O7S.3H2S/c1-10-34-16-12-13-17-38(34)47-40-29-53(5,6)31-68-52(67)41-18-14-23-61(57-41)50(65)42(26-33-24-36(27-37(62)25-33)35-20-21-43(39(40)28-35)60(47)11-2)54-48(64)46(32(3)4)59(9)51(66)49-56-44(30-69-49)55-45(63)19-15-22-58(7)8;;;/h12-13,15-17,19-21,24-25,27-28,30,32,41-42,46,57,62H,10-11,14,18,22-23,26,29,31H2,1-9H3,(H,54,64)(H,55,63);3*1H2/b19-15+;;;/t41-,42-,46-;;;/m0.../s1. The van der Waals surface area contributed by atoms with E-state index in [2.05, 4.69) is 89.7 Å². The van der Waals surface area contributed by atoms with Crippen molar-refractivity contribution in [2.24, 2.45) is 11.3 Å². The van der Waals surface area contributed by atoms with Gasteiger partial charge in [-0.05, 0) is 105 Å². The lowest BCUT2D eigenvalue weighted by Gasteiger charge is -2.36. The first-order valence-electron chi connectivity index (χ1n) is 23.8. The highest BCUT2D eigenvalue weighted by molar-refractivity contribution is 7.59. The molecule has 19 heteroatoms. The number of nitrogens with one attached hydrogen (secondary N) is 3. The van der Waals surface area contributed by atoms with Crippen molar-refractivity contribution in [2.45, 2.75) is 98.3 Å². The SMILES string of the molecule is CCc1ccccc1-c1c2c3cc(ccc3n1CC)-c1cc(O)cc(c1)C[C@H](NC(=O)[C@H](C(C)C)N(C)C(=O)c1nc(NC(=O)/C=C/CN(C)C)cs1)C(=O)N1CCC[C@H](N1)C(=O)OCC(C)(C)C2.S.S.S. The quantitative estimate of drug-likeness (QED) is 0.0721. The van der Waals surface area contributed by atoms with Gasteiger partial charge in [0.25, 0.3) is 11.8 Å². The van der Waals surface area contributed by atoms with Gasteiger partial charge in [-0.2, -0.15) is 40.5 Å². The lowest BCUT2D eigenvalue weighted by Crippen LogP contribution is -2.62. The van der Waals surface area contributed by atoms with Crippen molar-refractivity contribution in [3.8, 4) is 28.1 Å². The third-order valence-corrected chi connectivity index (χ3v) is 13.6. The average Bonchev–Trinajstić information content (AvgIpc) is 3.90. The minimum atomic E-state index is -1.19. The van der Waals surface area contributed by atoms with E-state index in [0.717, 1.165) is 63.2 Å². The number of benzene rings is 3. The molecular weight excluding hydrogens is 989 g/mol. The van der Waals surface area contributed by atoms with Gasteiger partial charge in [-0.15, -0.1) is 11.3 Å². The summed E-state index contributed by atoms with van der Waals surface area (Å²) in [4.78, 5) is 77.2. The zero-order valence-electron chi connectivity index (χ0n) is 42.7. The molecule has 390 valence electrons. The summed E-state index contributed by atoms with van der Waals surface area (Å²) >= 11 is 1.04. The number of carbonyl (C=O) groups is 5. The van der Waals surface area contributed by atoms with Crippen LogP contribution < -0.4 is 16.1 Å². The smallest absolute Gasteiger partial charge is 0.324 e. The van der Waals surface area contributed by atoms with Crippen LogP contribution in [-0.2, 0) is 49.7 Å². The number of anilines is 1. The summed E-state index contributed by atoms with van der Waals surface area (Å²) in [5.41, 5.74) is 10.5. The number of carbonyl (C=O) groups excluding carboxylic acids is 5. The number of aromatic nitrogens is 2. The number of hydrogen-bond acceptors (Lipinski definition) is 11. The van der Waals surface area contributed by atoms with Crippen molar-refractivity contribution in [3.05, 3.63) is 99.9 Å². The summed E-state index contributed by atoms with van der Waals surface area (Å²) in [6.45, 7) is 13.8. The molecule has 0 saturated carbocycles. The second-order valence-corrected chi connectivity index (χ2v) is 20.4. The molecule has 3 atom stereocenters. The van der Waals surface area contributed by atoms with Gasteiger partial charge in [-0.25, -0.2) is 10.4 Å². The van der Waals surface area contributed by atoms with Gasteiger partial charge in [-0.3, -0.25) is 29.0 Å². The molecule has 7 rings (SSSR count). The van der Waals surface area contributed by atoms with Crippen LogP contribution in [0.15, 0.2) is 78.2 Å². The van der Waals surface area contributed by atoms with Crippen molar-refractivity contribution in [1.29, 1.82) is 0 Å². The lowest BCUT2D eigenvalue weighted by atomic mass is 9.83. The maximum Gasteiger partial charge on any atom is 0.324 e. The van der Waals surface area contributed by atoms with Crippen molar-refractivity contribution < 1.29 is 33.8 Å². The number of amides is 4. The lowest BCUT2D eigenvalue weighted by molar-refractivity contribution is -0.155. The molecule has 15 nitrogen and oxygen atoms in total. The summed E-state index contributed by atoms with van der Waals surface area (Å²) in [7, 11) is 5.28. The van der Waals surface area contributed by atoms with Crippen LogP contribution in [-0.4, -0.2) is 118 Å². The number of thiazole rings is 1. The van der Waals surface area contributed by atoms with E-state index in [9.17, 15) is 29.1 Å². The predicted molar refractivity (Wildman–Crippen MR) is 302 cm³/mol. The summed E-state index contributed by atoms with van der Waals surface area (Å²) in [5, 5.41) is 21.1. The van der Waals surface area contributed by atoms with Crippen LogP contribution in [0.2, 0.25) is 0 Å². The maximum atomic E-state index is 14.8. The molecular formula is C53H72N8O7S4. The maximum absolute atomic E-state index is 14.8. The zero-order valence-corrected chi connectivity index (χ0v) is 46.5. The number of rotatable bonds is 12. The third-order valence-electron chi connectivity index (χ3n) is 12.8. The van der Waals surface area contributed by atoms with Gasteiger partial charge in [0.2, 0.25) is 11.8 Å². The van der Waals surface area contributed by atoms with E-state index in [-0.39, 0.29) is 76.6 Å². The molecule has 6 bridgehead atoms. The van der Waals surface area contributed by atoms with Gasteiger partial charge in [0.15, 0.2) is 5.01 Å². The van der Waals surface area contributed by atoms with Gasteiger partial charge in [0.05, 0.1) is 12.3 Å². The van der Waals surface area contributed by atoms with Gasteiger partial charge in [-0.1, -0.05) is 77.1 Å². The van der Waals surface area contributed by atoms with Gasteiger partial charge >= 0.3 is 5.97 Å². The number of phenolic OH excluding ortho intramolecular Hbond substituents is 1. The molecule has 0 spiro atoms. The molecule has 4 amide bonds. The van der Waals surface area contributed by atoms with E-state index in [0.29, 0.717) is 31.4 Å². The Labute approximate surface area is 448 Å². The van der Waals surface area contributed by atoms with E-state index in [1.54, 1.807) is 37.4 Å². The molecule has 4 heterocycles. The largest absolute Gasteiger partial charge is 0.508 e. The summed E-state index contributed by atoms with van der Waals surface area (Å²) in [6.07, 6.45) is 5.49. The van der Waals surface area contributed by atoms with Gasteiger partial charge in [0, 0.05) is 66.4 Å². The number of esters is 1. The van der Waals surface area contributed by atoms with Crippen LogP contribution in [0.3, 0.4) is 0 Å². The Kier molecular flexibility index (Phi) is 21.0. The van der Waals surface area contributed by atoms with Crippen LogP contribution in [0.1, 0.15) is 80.9 Å². The van der Waals surface area contributed by atoms with E-state index >= 15 is 0 Å². The number of aromatic hydroxyl groups is 1. The number of likely N-dealkylation sites (N-methyl/N-ethyl adjacent to an activating group) is 2. The number of cyclic esters (lactones) is 1. The Bertz CT molecular complexity index is 2770. The highest BCUT2D eigenvalue weighted by Crippen LogP contribution is 2.41. The molecule has 2 aliphatic heterocycles. The number of phenols is 1. The van der Waals surface area contributed by atoms with Crippen molar-refractivity contribution in [2.75, 3.05) is 46.2 Å². The fraction of sp³-hybridized carbons (Fsp3) is 0.434. The summed E-state index contributed by atoms with van der Waals surface area (Å²) in [6, 6.07) is 17.0. The molecule has 0 aliphatic carbocycles. The average molecular weight is 1060 g/mol. The number of fused-ring (bicyclic) bond motifs is 6. The van der Waals surface area contributed by atoms with Crippen molar-refractivity contribution in [3.63, 3.8) is 0 Å². The van der Waals surface area contributed by atoms with Gasteiger partial charge < -0.3 is 34.8 Å². The van der Waals surface area contributed by atoms with E-state index in [1.807, 2.05) is 31.1 Å². The Morgan fingerprint density at radius 2 is 1.75 bits per heavy atom. The molecule has 1 saturated heterocycles. The Hall–Kier alpha value is -5.31. The number of aryl methyl sites for hydroxylation is 2. The number of hydrogen-bond donors (Lipinski definition) is 4. The first kappa shape index (κ1) is 59.3. The Balaban J connectivity index is 0.00000375. The van der Waals surface area contributed by atoms with E-state index in [1.165, 1.54) is 28.6 Å². The Morgan fingerprint density at radius 3 is 2.44 bits per heavy atom. The summed E-state index contributed by atoms with van der Waals surface area (Å²) in [5.74, 6) is -2.67. The molecule has 1 fully saturated rings. The van der Waals surface area contributed by atoms with E-state index < -0.39 is 59.1 Å². The number of nitrogens with zero attached hydrogens (tertiary/aromatic N) is 5. The van der Waals surface area contributed by atoms with Crippen molar-refractivity contribution in [1.82, 2.24) is 35.1 Å². The summed E-state index contributed by atoms with van der Waals surface area (Å²) < 4.78 is 8.47. The second-order valence-electron chi connectivity index (χ2n) is 19.5. The molecule has 2 aromatic heterocycles. The molecule has 72 heavy (non-hydrogen) atoms. The molecule has 3 aromatic carbocycles. The first-order chi connectivity index (χ1) is 32.9. The topological polar surface area (TPSA) is 178 Å². The fourth-order valence-electron chi connectivity index (χ4n) is 9.50. The van der Waals surface area contributed by atoms with Crippen LogP contribution in [0.25, 0.3) is 33.3 Å². The minimum absolute atomic E-state index is 0. The fourth-order valence-corrected chi connectivity index (χ4v) is 10.2. The molecule has 0 radical (unpaired) electrons. The van der Waals surface area contributed by atoms with E-state index in [4.69, 9.17) is 4.74 Å². The molecule has 4 N–H and O–H groups in total. The monoisotopic (exact) mass is 1060 g/mol.